The van der Waals surface area contributed by atoms with Crippen molar-refractivity contribution in [2.45, 2.75) is 60.0 Å². The Morgan fingerprint density at radius 2 is 1.95 bits per heavy atom. The van der Waals surface area contributed by atoms with Gasteiger partial charge in [-0.1, -0.05) is 34.1 Å². The number of ether oxygens (including phenoxy) is 1. The predicted octanol–water partition coefficient (Wildman–Crippen LogP) is 3.75. The van der Waals surface area contributed by atoms with E-state index < -0.39 is 0 Å². The Morgan fingerprint density at radius 1 is 1.20 bits per heavy atom. The average Bonchev–Trinajstić information content (AvgIpc) is 2.40. The van der Waals surface area contributed by atoms with Crippen LogP contribution < -0.4 is 10.1 Å². The van der Waals surface area contributed by atoms with Gasteiger partial charge in [0.2, 0.25) is 0 Å². The summed E-state index contributed by atoms with van der Waals surface area (Å²) in [4.78, 5) is 4.57. The maximum absolute atomic E-state index is 6.19. The Morgan fingerprint density at radius 3 is 2.55 bits per heavy atom. The Labute approximate surface area is 124 Å². The number of nitrogens with zero attached hydrogens (tertiary/aromatic N) is 1. The maximum atomic E-state index is 6.19. The zero-order valence-electron chi connectivity index (χ0n) is 13.7. The lowest BCUT2D eigenvalue weighted by Gasteiger charge is -2.21. The molecule has 1 unspecified atom stereocenters. The molecule has 1 aromatic rings. The highest BCUT2D eigenvalue weighted by Crippen LogP contribution is 2.20. The molecule has 0 fully saturated rings. The largest absolute Gasteiger partial charge is 0.487 e. The summed E-state index contributed by atoms with van der Waals surface area (Å²) in [6, 6.07) is 4.09. The third-order valence-electron chi connectivity index (χ3n) is 3.24. The van der Waals surface area contributed by atoms with Crippen LogP contribution in [0.2, 0.25) is 0 Å². The van der Waals surface area contributed by atoms with E-state index in [2.05, 4.69) is 44.1 Å². The molecule has 0 saturated heterocycles. The van der Waals surface area contributed by atoms with Gasteiger partial charge in [0.1, 0.15) is 11.9 Å². The van der Waals surface area contributed by atoms with Gasteiger partial charge < -0.3 is 10.1 Å². The SMILES string of the molecule is CCCC(CNCC(C)C)Oc1ccc(C)nc1CC. The molecule has 114 valence electrons. The summed E-state index contributed by atoms with van der Waals surface area (Å²) in [5, 5.41) is 3.49. The number of pyridine rings is 1. The van der Waals surface area contributed by atoms with Crippen molar-refractivity contribution >= 4 is 0 Å². The van der Waals surface area contributed by atoms with E-state index in [-0.39, 0.29) is 6.10 Å². The Kier molecular flexibility index (Phi) is 7.60. The molecule has 0 aliphatic heterocycles. The molecule has 1 rings (SSSR count). The molecule has 1 aromatic heterocycles. The molecule has 20 heavy (non-hydrogen) atoms. The highest BCUT2D eigenvalue weighted by molar-refractivity contribution is 5.29. The summed E-state index contributed by atoms with van der Waals surface area (Å²) in [5.41, 5.74) is 2.12. The number of hydrogen-bond acceptors (Lipinski definition) is 3. The Balaban J connectivity index is 2.64. The van der Waals surface area contributed by atoms with Gasteiger partial charge in [-0.15, -0.1) is 0 Å². The second-order valence-corrected chi connectivity index (χ2v) is 5.83. The van der Waals surface area contributed by atoms with E-state index in [0.29, 0.717) is 5.92 Å². The predicted molar refractivity (Wildman–Crippen MR) is 85.4 cm³/mol. The molecule has 3 nitrogen and oxygen atoms in total. The van der Waals surface area contributed by atoms with Gasteiger partial charge >= 0.3 is 0 Å². The normalized spacial score (nSPS) is 12.7. The quantitative estimate of drug-likeness (QED) is 0.747. The molecule has 0 bridgehead atoms. The van der Waals surface area contributed by atoms with Crippen LogP contribution in [0.15, 0.2) is 12.1 Å². The van der Waals surface area contributed by atoms with E-state index >= 15 is 0 Å². The minimum Gasteiger partial charge on any atom is -0.487 e. The van der Waals surface area contributed by atoms with E-state index in [1.807, 2.05) is 13.0 Å². The summed E-state index contributed by atoms with van der Waals surface area (Å²) in [6.45, 7) is 12.7. The molecule has 1 N–H and O–H groups in total. The van der Waals surface area contributed by atoms with Crippen molar-refractivity contribution < 1.29 is 4.74 Å². The van der Waals surface area contributed by atoms with E-state index in [4.69, 9.17) is 4.74 Å². The van der Waals surface area contributed by atoms with Crippen LogP contribution in [-0.2, 0) is 6.42 Å². The highest BCUT2D eigenvalue weighted by Gasteiger charge is 2.12. The van der Waals surface area contributed by atoms with Crippen LogP contribution in [0, 0.1) is 12.8 Å². The van der Waals surface area contributed by atoms with E-state index in [1.165, 1.54) is 0 Å². The van der Waals surface area contributed by atoms with Gasteiger partial charge in [-0.3, -0.25) is 4.98 Å². The molecule has 0 aromatic carbocycles. The van der Waals surface area contributed by atoms with Crippen LogP contribution in [0.5, 0.6) is 5.75 Å². The summed E-state index contributed by atoms with van der Waals surface area (Å²) >= 11 is 0. The fraction of sp³-hybridized carbons (Fsp3) is 0.706. The van der Waals surface area contributed by atoms with Crippen molar-refractivity contribution in [1.82, 2.24) is 10.3 Å². The molecule has 3 heteroatoms. The Hall–Kier alpha value is -1.09. The Bertz CT molecular complexity index is 391. The zero-order valence-corrected chi connectivity index (χ0v) is 13.7. The van der Waals surface area contributed by atoms with Gasteiger partial charge in [0.25, 0.3) is 0 Å². The van der Waals surface area contributed by atoms with Gasteiger partial charge in [0.05, 0.1) is 5.69 Å². The van der Waals surface area contributed by atoms with Gasteiger partial charge in [0, 0.05) is 12.2 Å². The molecule has 1 atom stereocenters. The number of aromatic nitrogens is 1. The van der Waals surface area contributed by atoms with Crippen molar-refractivity contribution in [2.24, 2.45) is 5.92 Å². The summed E-state index contributed by atoms with van der Waals surface area (Å²) in [5.74, 6) is 1.62. The molecule has 0 spiro atoms. The maximum Gasteiger partial charge on any atom is 0.141 e. The molecular weight excluding hydrogens is 248 g/mol. The lowest BCUT2D eigenvalue weighted by Crippen LogP contribution is -2.33. The van der Waals surface area contributed by atoms with E-state index in [1.54, 1.807) is 0 Å². The molecule has 0 radical (unpaired) electrons. The first kappa shape index (κ1) is 17.0. The fourth-order valence-corrected chi connectivity index (χ4v) is 2.20. The van der Waals surface area contributed by atoms with Gasteiger partial charge in [-0.25, -0.2) is 0 Å². The standard InChI is InChI=1S/C17H30N2O/c1-6-8-15(12-18-11-13(3)4)20-17-10-9-14(5)19-16(17)7-2/h9-10,13,15,18H,6-8,11-12H2,1-5H3. The van der Waals surface area contributed by atoms with Crippen LogP contribution in [0.25, 0.3) is 0 Å². The van der Waals surface area contributed by atoms with Gasteiger partial charge in [0.15, 0.2) is 0 Å². The topological polar surface area (TPSA) is 34.1 Å². The summed E-state index contributed by atoms with van der Waals surface area (Å²) in [7, 11) is 0. The first-order valence-corrected chi connectivity index (χ1v) is 7.90. The van der Waals surface area contributed by atoms with Crippen molar-refractivity contribution in [3.05, 3.63) is 23.5 Å². The van der Waals surface area contributed by atoms with Crippen LogP contribution in [0.1, 0.15) is 51.9 Å². The second-order valence-electron chi connectivity index (χ2n) is 5.83. The first-order valence-electron chi connectivity index (χ1n) is 7.90. The lowest BCUT2D eigenvalue weighted by atomic mass is 10.1. The minimum absolute atomic E-state index is 0.230. The van der Waals surface area contributed by atoms with E-state index in [9.17, 15) is 0 Å². The smallest absolute Gasteiger partial charge is 0.141 e. The van der Waals surface area contributed by atoms with Crippen molar-refractivity contribution in [2.75, 3.05) is 13.1 Å². The summed E-state index contributed by atoms with van der Waals surface area (Å²) in [6.07, 6.45) is 3.35. The van der Waals surface area contributed by atoms with Crippen LogP contribution in [0.4, 0.5) is 0 Å². The summed E-state index contributed by atoms with van der Waals surface area (Å²) < 4.78 is 6.19. The van der Waals surface area contributed by atoms with Crippen LogP contribution >= 0.6 is 0 Å². The highest BCUT2D eigenvalue weighted by atomic mass is 16.5. The molecule has 0 saturated carbocycles. The molecule has 0 aliphatic rings. The number of hydrogen-bond donors (Lipinski definition) is 1. The zero-order chi connectivity index (χ0) is 15.0. The first-order chi connectivity index (χ1) is 9.56. The molecule has 0 amide bonds. The van der Waals surface area contributed by atoms with Crippen molar-refractivity contribution in [3.8, 4) is 5.75 Å². The van der Waals surface area contributed by atoms with E-state index in [0.717, 1.165) is 49.5 Å². The van der Waals surface area contributed by atoms with Gasteiger partial charge in [-0.05, 0) is 44.4 Å². The van der Waals surface area contributed by atoms with Crippen LogP contribution in [0.3, 0.4) is 0 Å². The number of nitrogens with one attached hydrogen (secondary N) is 1. The molecule has 0 aliphatic carbocycles. The monoisotopic (exact) mass is 278 g/mol. The average molecular weight is 278 g/mol. The van der Waals surface area contributed by atoms with Crippen molar-refractivity contribution in [1.29, 1.82) is 0 Å². The third-order valence-corrected chi connectivity index (χ3v) is 3.24. The van der Waals surface area contributed by atoms with Crippen LogP contribution in [-0.4, -0.2) is 24.2 Å². The van der Waals surface area contributed by atoms with Gasteiger partial charge in [-0.2, -0.15) is 0 Å². The second kappa shape index (κ2) is 8.96. The lowest BCUT2D eigenvalue weighted by molar-refractivity contribution is 0.182. The minimum atomic E-state index is 0.230. The number of aryl methyl sites for hydroxylation is 2. The number of rotatable bonds is 9. The molecule has 1 heterocycles. The molecular formula is C17H30N2O. The van der Waals surface area contributed by atoms with Crippen molar-refractivity contribution in [3.63, 3.8) is 0 Å². The third kappa shape index (κ3) is 5.91. The fourth-order valence-electron chi connectivity index (χ4n) is 2.20.